The molecule has 0 aliphatic rings. The molecule has 1 unspecified atom stereocenters. The smallest absolute Gasteiger partial charge is 0.124 e. The van der Waals surface area contributed by atoms with Gasteiger partial charge in [0.2, 0.25) is 0 Å². The fourth-order valence-corrected chi connectivity index (χ4v) is 2.90. The molecule has 2 aromatic rings. The molecule has 1 heterocycles. The summed E-state index contributed by atoms with van der Waals surface area (Å²) in [5.41, 5.74) is 4.51. The van der Waals surface area contributed by atoms with Gasteiger partial charge in [0, 0.05) is 18.0 Å². The maximum absolute atomic E-state index is 6.34. The molecule has 4 heteroatoms. The minimum atomic E-state index is -0.0129. The summed E-state index contributed by atoms with van der Waals surface area (Å²) in [5, 5.41) is 4.16. The van der Waals surface area contributed by atoms with Crippen LogP contribution in [0.25, 0.3) is 0 Å². The second-order valence-corrected chi connectivity index (χ2v) is 5.49. The fraction of sp³-hybridized carbons (Fsp3) is 0.353. The van der Waals surface area contributed by atoms with Crippen molar-refractivity contribution in [3.05, 3.63) is 57.9 Å². The second-order valence-electron chi connectivity index (χ2n) is 5.09. The summed E-state index contributed by atoms with van der Waals surface area (Å²) < 4.78 is 5.60. The number of ether oxygens (including phenoxy) is 1. The molecule has 1 aromatic carbocycles. The third-order valence-corrected chi connectivity index (χ3v) is 3.84. The van der Waals surface area contributed by atoms with E-state index in [1.165, 1.54) is 11.1 Å². The van der Waals surface area contributed by atoms with Crippen molar-refractivity contribution in [3.8, 4) is 5.75 Å². The van der Waals surface area contributed by atoms with E-state index in [1.807, 2.05) is 6.07 Å². The number of halogens is 1. The van der Waals surface area contributed by atoms with Crippen LogP contribution >= 0.6 is 11.6 Å². The fourth-order valence-electron chi connectivity index (χ4n) is 2.67. The summed E-state index contributed by atoms with van der Waals surface area (Å²) in [4.78, 5) is 4.07. The Labute approximate surface area is 131 Å². The third kappa shape index (κ3) is 3.36. The lowest BCUT2D eigenvalue weighted by Crippen LogP contribution is -2.24. The van der Waals surface area contributed by atoms with E-state index < -0.39 is 0 Å². The normalized spacial score (nSPS) is 12.2. The zero-order chi connectivity index (χ0) is 15.4. The molecule has 0 aliphatic carbocycles. The number of methoxy groups -OCH3 is 1. The van der Waals surface area contributed by atoms with Crippen LogP contribution in [0.15, 0.2) is 30.6 Å². The molecule has 0 saturated heterocycles. The molecule has 112 valence electrons. The van der Waals surface area contributed by atoms with Crippen molar-refractivity contribution in [2.24, 2.45) is 0 Å². The van der Waals surface area contributed by atoms with Gasteiger partial charge in [-0.2, -0.15) is 0 Å². The molecule has 0 fully saturated rings. The molecule has 0 radical (unpaired) electrons. The van der Waals surface area contributed by atoms with E-state index in [0.29, 0.717) is 5.02 Å². The van der Waals surface area contributed by atoms with Crippen molar-refractivity contribution in [2.45, 2.75) is 26.8 Å². The van der Waals surface area contributed by atoms with Crippen molar-refractivity contribution >= 4 is 11.6 Å². The maximum Gasteiger partial charge on any atom is 0.124 e. The Bertz CT molecular complexity index is 628. The van der Waals surface area contributed by atoms with E-state index in [0.717, 1.165) is 23.4 Å². The Morgan fingerprint density at radius 2 is 2.10 bits per heavy atom. The number of hydrogen-bond acceptors (Lipinski definition) is 3. The highest BCUT2D eigenvalue weighted by molar-refractivity contribution is 6.31. The van der Waals surface area contributed by atoms with E-state index in [4.69, 9.17) is 16.3 Å². The molecule has 1 N–H and O–H groups in total. The number of nitrogens with zero attached hydrogens (tertiary/aromatic N) is 1. The zero-order valence-corrected chi connectivity index (χ0v) is 13.7. The van der Waals surface area contributed by atoms with Crippen molar-refractivity contribution in [1.29, 1.82) is 0 Å². The summed E-state index contributed by atoms with van der Waals surface area (Å²) in [6.07, 6.45) is 3.44. The Balaban J connectivity index is 2.61. The van der Waals surface area contributed by atoms with Crippen molar-refractivity contribution in [2.75, 3.05) is 13.7 Å². The topological polar surface area (TPSA) is 34.2 Å². The van der Waals surface area contributed by atoms with Crippen LogP contribution in [-0.4, -0.2) is 18.6 Å². The monoisotopic (exact) mass is 304 g/mol. The van der Waals surface area contributed by atoms with Crippen LogP contribution in [0.2, 0.25) is 5.02 Å². The highest BCUT2D eigenvalue weighted by Crippen LogP contribution is 2.36. The van der Waals surface area contributed by atoms with Gasteiger partial charge in [-0.15, -0.1) is 0 Å². The average Bonchev–Trinajstić information content (AvgIpc) is 2.45. The van der Waals surface area contributed by atoms with E-state index in [1.54, 1.807) is 19.5 Å². The Morgan fingerprint density at radius 3 is 2.71 bits per heavy atom. The molecule has 0 spiro atoms. The quantitative estimate of drug-likeness (QED) is 0.904. The minimum Gasteiger partial charge on any atom is -0.496 e. The van der Waals surface area contributed by atoms with Crippen LogP contribution in [0.1, 0.15) is 35.2 Å². The minimum absolute atomic E-state index is 0.0129. The number of pyridine rings is 1. The first-order valence-corrected chi connectivity index (χ1v) is 7.44. The van der Waals surface area contributed by atoms with Crippen molar-refractivity contribution < 1.29 is 4.74 Å². The van der Waals surface area contributed by atoms with E-state index in [9.17, 15) is 0 Å². The molecule has 21 heavy (non-hydrogen) atoms. The van der Waals surface area contributed by atoms with Crippen molar-refractivity contribution in [3.63, 3.8) is 0 Å². The SMILES string of the molecule is CCNC(c1ccncc1Cl)c1c(C)cc(C)cc1OC. The van der Waals surface area contributed by atoms with Gasteiger partial charge in [0.05, 0.1) is 18.2 Å². The summed E-state index contributed by atoms with van der Waals surface area (Å²) >= 11 is 6.34. The van der Waals surface area contributed by atoms with Gasteiger partial charge in [-0.05, 0) is 49.2 Å². The van der Waals surface area contributed by atoms with Gasteiger partial charge in [0.15, 0.2) is 0 Å². The van der Waals surface area contributed by atoms with Gasteiger partial charge in [-0.1, -0.05) is 24.6 Å². The summed E-state index contributed by atoms with van der Waals surface area (Å²) in [6, 6.07) is 6.16. The molecule has 2 rings (SSSR count). The number of rotatable bonds is 5. The summed E-state index contributed by atoms with van der Waals surface area (Å²) in [7, 11) is 1.70. The van der Waals surface area contributed by atoms with Crippen LogP contribution in [0.3, 0.4) is 0 Å². The molecular formula is C17H21ClN2O. The lowest BCUT2D eigenvalue weighted by atomic mass is 9.93. The van der Waals surface area contributed by atoms with Crippen LogP contribution < -0.4 is 10.1 Å². The number of hydrogen-bond donors (Lipinski definition) is 1. The van der Waals surface area contributed by atoms with Gasteiger partial charge in [0.25, 0.3) is 0 Å². The van der Waals surface area contributed by atoms with Crippen molar-refractivity contribution in [1.82, 2.24) is 10.3 Å². The third-order valence-electron chi connectivity index (χ3n) is 3.52. The lowest BCUT2D eigenvalue weighted by Gasteiger charge is -2.24. The zero-order valence-electron chi connectivity index (χ0n) is 12.9. The summed E-state index contributed by atoms with van der Waals surface area (Å²) in [6.45, 7) is 7.09. The van der Waals surface area contributed by atoms with Gasteiger partial charge in [-0.3, -0.25) is 4.98 Å². The highest BCUT2D eigenvalue weighted by Gasteiger charge is 2.22. The molecule has 0 bridgehead atoms. The van der Waals surface area contributed by atoms with Crippen LogP contribution in [0.5, 0.6) is 5.75 Å². The molecule has 1 atom stereocenters. The number of aryl methyl sites for hydroxylation is 2. The van der Waals surface area contributed by atoms with Gasteiger partial charge in [0.1, 0.15) is 5.75 Å². The number of aromatic nitrogens is 1. The Hall–Kier alpha value is -1.58. The summed E-state index contributed by atoms with van der Waals surface area (Å²) in [5.74, 6) is 0.881. The van der Waals surface area contributed by atoms with Gasteiger partial charge in [-0.25, -0.2) is 0 Å². The largest absolute Gasteiger partial charge is 0.496 e. The Kier molecular flexibility index (Phi) is 5.21. The van der Waals surface area contributed by atoms with Crippen LogP contribution in [0.4, 0.5) is 0 Å². The van der Waals surface area contributed by atoms with Gasteiger partial charge < -0.3 is 10.1 Å². The molecule has 0 amide bonds. The molecule has 1 aromatic heterocycles. The first kappa shape index (κ1) is 15.8. The second kappa shape index (κ2) is 6.92. The van der Waals surface area contributed by atoms with Gasteiger partial charge >= 0.3 is 0 Å². The maximum atomic E-state index is 6.34. The standard InChI is InChI=1S/C17H21ClN2O/c1-5-20-17(13-6-7-19-10-14(13)18)16-12(3)8-11(2)9-15(16)21-4/h6-10,17,20H,5H2,1-4H3. The average molecular weight is 305 g/mol. The Morgan fingerprint density at radius 1 is 1.33 bits per heavy atom. The molecule has 0 saturated carbocycles. The van der Waals surface area contributed by atoms with E-state index in [-0.39, 0.29) is 6.04 Å². The lowest BCUT2D eigenvalue weighted by molar-refractivity contribution is 0.403. The predicted molar refractivity (Wildman–Crippen MR) is 87.2 cm³/mol. The molecule has 3 nitrogen and oxygen atoms in total. The number of nitrogens with one attached hydrogen (secondary N) is 1. The highest BCUT2D eigenvalue weighted by atomic mass is 35.5. The van der Waals surface area contributed by atoms with Crippen LogP contribution in [-0.2, 0) is 0 Å². The first-order chi connectivity index (χ1) is 10.1. The first-order valence-electron chi connectivity index (χ1n) is 7.06. The van der Waals surface area contributed by atoms with E-state index >= 15 is 0 Å². The van der Waals surface area contributed by atoms with E-state index in [2.05, 4.69) is 43.2 Å². The molecule has 0 aliphatic heterocycles. The predicted octanol–water partition coefficient (Wildman–Crippen LogP) is 4.06. The number of benzene rings is 1. The molecular weight excluding hydrogens is 284 g/mol. The van der Waals surface area contributed by atoms with Crippen LogP contribution in [0, 0.1) is 13.8 Å².